The number of para-hydroxylation sites is 1. The molecule has 0 aliphatic rings. The minimum absolute atomic E-state index is 0.0319. The number of anilines is 4. The van der Waals surface area contributed by atoms with Crippen LogP contribution in [0.5, 0.6) is 0 Å². The van der Waals surface area contributed by atoms with Gasteiger partial charge >= 0.3 is 6.03 Å². The van der Waals surface area contributed by atoms with E-state index >= 15 is 0 Å². The van der Waals surface area contributed by atoms with Gasteiger partial charge in [0, 0.05) is 30.2 Å². The van der Waals surface area contributed by atoms with Crippen LogP contribution in [0.1, 0.15) is 5.56 Å². The number of nitrogens with zero attached hydrogens (tertiary/aromatic N) is 4. The Morgan fingerprint density at radius 3 is 2.49 bits per heavy atom. The van der Waals surface area contributed by atoms with Crippen LogP contribution in [-0.2, 0) is 0 Å². The van der Waals surface area contributed by atoms with Gasteiger partial charge in [-0.3, -0.25) is 4.90 Å². The van der Waals surface area contributed by atoms with Crippen LogP contribution < -0.4 is 21.3 Å². The normalized spacial score (nSPS) is 11.1. The molecule has 9 nitrogen and oxygen atoms in total. The average Bonchev–Trinajstić information content (AvgIpc) is 2.91. The maximum absolute atomic E-state index is 14.2. The van der Waals surface area contributed by atoms with Gasteiger partial charge in [-0.2, -0.15) is 5.53 Å². The Labute approximate surface area is 211 Å². The third kappa shape index (κ3) is 5.73. The highest BCUT2D eigenvalue weighted by Crippen LogP contribution is 2.27. The zero-order valence-electron chi connectivity index (χ0n) is 19.6. The summed E-state index contributed by atoms with van der Waals surface area (Å²) in [6.07, 6.45) is 1.52. The number of carbonyl (C=O) groups excluding carboxylic acids is 1. The summed E-state index contributed by atoms with van der Waals surface area (Å²) >= 11 is 0. The first kappa shape index (κ1) is 24.9. The molecule has 0 aliphatic heterocycles. The minimum atomic E-state index is -1.12. The van der Waals surface area contributed by atoms with Crippen molar-refractivity contribution < 1.29 is 13.6 Å². The van der Waals surface area contributed by atoms with Crippen LogP contribution in [0.25, 0.3) is 11.1 Å². The maximum Gasteiger partial charge on any atom is 0.326 e. The highest BCUT2D eigenvalue weighted by atomic mass is 19.2. The number of amides is 2. The molecular weight excluding hydrogens is 478 g/mol. The number of aromatic nitrogens is 1. The second kappa shape index (κ2) is 11.0. The van der Waals surface area contributed by atoms with Gasteiger partial charge in [-0.15, -0.1) is 5.10 Å². The summed E-state index contributed by atoms with van der Waals surface area (Å²) in [4.78, 5) is 18.4. The van der Waals surface area contributed by atoms with Crippen LogP contribution in [0, 0.1) is 17.2 Å². The van der Waals surface area contributed by atoms with Crippen LogP contribution in [0.3, 0.4) is 0 Å². The maximum atomic E-state index is 14.2. The fourth-order valence-corrected chi connectivity index (χ4v) is 3.50. The quantitative estimate of drug-likeness (QED) is 0.110. The van der Waals surface area contributed by atoms with Gasteiger partial charge in [-0.25, -0.2) is 18.6 Å². The van der Waals surface area contributed by atoms with Crippen LogP contribution in [-0.4, -0.2) is 23.9 Å². The number of hydrogen-bond acceptors (Lipinski definition) is 5. The first-order chi connectivity index (χ1) is 17.9. The number of pyridine rings is 1. The summed E-state index contributed by atoms with van der Waals surface area (Å²) in [5.74, 6) is -2.24. The molecule has 1 heterocycles. The van der Waals surface area contributed by atoms with E-state index in [1.54, 1.807) is 37.4 Å². The number of amidine groups is 1. The standard InChI is InChI=1S/C26H22F2N8O/c1-36(19-9-3-2-4-10-19)26(37)32-18-8-5-7-16(13-18)17-14-20(24(29)31-15-17)25(34-35-30)33-22-12-6-11-21(27)23(22)28/h2-15H,1H3,(H2,29,31)(H,32,37)(H2,30,33,34). The van der Waals surface area contributed by atoms with Crippen molar-refractivity contribution in [1.82, 2.24) is 4.98 Å². The van der Waals surface area contributed by atoms with Crippen molar-refractivity contribution in [2.75, 3.05) is 28.3 Å². The van der Waals surface area contributed by atoms with Gasteiger partial charge in [0.25, 0.3) is 0 Å². The van der Waals surface area contributed by atoms with E-state index in [4.69, 9.17) is 11.3 Å². The molecule has 0 spiro atoms. The van der Waals surface area contributed by atoms with Gasteiger partial charge < -0.3 is 16.4 Å². The van der Waals surface area contributed by atoms with E-state index < -0.39 is 11.6 Å². The summed E-state index contributed by atoms with van der Waals surface area (Å²) in [6.45, 7) is 0. The minimum Gasteiger partial charge on any atom is -0.383 e. The molecule has 186 valence electrons. The molecular formula is C26H22F2N8O. The van der Waals surface area contributed by atoms with E-state index in [0.717, 1.165) is 11.8 Å². The zero-order chi connectivity index (χ0) is 26.4. The largest absolute Gasteiger partial charge is 0.383 e. The lowest BCUT2D eigenvalue weighted by Crippen LogP contribution is -2.31. The fourth-order valence-electron chi connectivity index (χ4n) is 3.50. The van der Waals surface area contributed by atoms with Crippen molar-refractivity contribution in [3.05, 3.63) is 102 Å². The van der Waals surface area contributed by atoms with E-state index in [0.29, 0.717) is 16.8 Å². The number of nitrogen functional groups attached to an aromatic ring is 1. The smallest absolute Gasteiger partial charge is 0.326 e. The average molecular weight is 501 g/mol. The second-order valence-electron chi connectivity index (χ2n) is 7.84. The Hall–Kier alpha value is -5.19. The molecule has 0 saturated carbocycles. The highest BCUT2D eigenvalue weighted by molar-refractivity contribution is 6.11. The zero-order valence-corrected chi connectivity index (χ0v) is 19.6. The summed E-state index contributed by atoms with van der Waals surface area (Å²) in [5.41, 5.74) is 15.8. The van der Waals surface area contributed by atoms with Gasteiger partial charge in [0.15, 0.2) is 17.5 Å². The van der Waals surface area contributed by atoms with Crippen LogP contribution >= 0.6 is 0 Å². The lowest BCUT2D eigenvalue weighted by molar-refractivity contribution is 0.258. The van der Waals surface area contributed by atoms with Gasteiger partial charge in [0.1, 0.15) is 5.82 Å². The van der Waals surface area contributed by atoms with Crippen LogP contribution in [0.2, 0.25) is 0 Å². The van der Waals surface area contributed by atoms with Crippen molar-refractivity contribution in [3.8, 4) is 11.1 Å². The first-order valence-electron chi connectivity index (χ1n) is 11.0. The molecule has 0 atom stereocenters. The van der Waals surface area contributed by atoms with Gasteiger partial charge in [-0.1, -0.05) is 41.6 Å². The Balaban J connectivity index is 1.62. The third-order valence-corrected chi connectivity index (χ3v) is 5.42. The van der Waals surface area contributed by atoms with Crippen LogP contribution in [0.15, 0.2) is 95.4 Å². The molecule has 0 radical (unpaired) electrons. The van der Waals surface area contributed by atoms with E-state index in [2.05, 4.69) is 25.9 Å². The molecule has 3 aromatic carbocycles. The summed E-state index contributed by atoms with van der Waals surface area (Å²) in [5, 5.41) is 12.2. The molecule has 11 heteroatoms. The van der Waals surface area contributed by atoms with Gasteiger partial charge in [0.05, 0.1) is 11.3 Å². The predicted molar refractivity (Wildman–Crippen MR) is 140 cm³/mol. The molecule has 0 unspecified atom stereocenters. The Bertz CT molecular complexity index is 1480. The molecule has 37 heavy (non-hydrogen) atoms. The number of carbonyl (C=O) groups is 1. The summed E-state index contributed by atoms with van der Waals surface area (Å²) in [6, 6.07) is 21.2. The molecule has 0 aliphatic carbocycles. The summed E-state index contributed by atoms with van der Waals surface area (Å²) < 4.78 is 27.9. The van der Waals surface area contributed by atoms with Crippen molar-refractivity contribution >= 4 is 34.7 Å². The molecule has 0 fully saturated rings. The number of nitrogens with one attached hydrogen (secondary N) is 3. The van der Waals surface area contributed by atoms with E-state index in [-0.39, 0.29) is 28.9 Å². The SMILES string of the molecule is CN(C(=O)Nc1cccc(-c2cnc(N)c(/C(=N/N=N)Nc3cccc(F)c3F)c2)c1)c1ccccc1. The Kier molecular flexibility index (Phi) is 7.43. The Morgan fingerprint density at radius 2 is 1.73 bits per heavy atom. The molecule has 4 aromatic rings. The highest BCUT2D eigenvalue weighted by Gasteiger charge is 2.16. The number of rotatable bonds is 6. The van der Waals surface area contributed by atoms with Crippen LogP contribution in [0.4, 0.5) is 36.5 Å². The third-order valence-electron chi connectivity index (χ3n) is 5.42. The van der Waals surface area contributed by atoms with Crippen molar-refractivity contribution in [3.63, 3.8) is 0 Å². The fraction of sp³-hybridized carbons (Fsp3) is 0.0385. The van der Waals surface area contributed by atoms with E-state index in [9.17, 15) is 13.6 Å². The predicted octanol–water partition coefficient (Wildman–Crippen LogP) is 6.08. The molecule has 1 aromatic heterocycles. The molecule has 4 rings (SSSR count). The number of urea groups is 1. The second-order valence-corrected chi connectivity index (χ2v) is 7.84. The number of hydrogen-bond donors (Lipinski definition) is 4. The molecule has 2 amide bonds. The number of benzene rings is 3. The summed E-state index contributed by atoms with van der Waals surface area (Å²) in [7, 11) is 1.66. The number of nitrogens with two attached hydrogens (primary N) is 1. The molecule has 5 N–H and O–H groups in total. The molecule has 0 bridgehead atoms. The van der Waals surface area contributed by atoms with Crippen molar-refractivity contribution in [2.24, 2.45) is 10.3 Å². The van der Waals surface area contributed by atoms with Crippen molar-refractivity contribution in [1.29, 1.82) is 5.53 Å². The van der Waals surface area contributed by atoms with E-state index in [1.165, 1.54) is 23.2 Å². The number of halogens is 2. The Morgan fingerprint density at radius 1 is 0.973 bits per heavy atom. The molecule has 0 saturated heterocycles. The van der Waals surface area contributed by atoms with E-state index in [1.807, 2.05) is 30.3 Å². The first-order valence-corrected chi connectivity index (χ1v) is 11.0. The lowest BCUT2D eigenvalue weighted by atomic mass is 10.0. The monoisotopic (exact) mass is 500 g/mol. The van der Waals surface area contributed by atoms with Crippen molar-refractivity contribution in [2.45, 2.75) is 0 Å². The lowest BCUT2D eigenvalue weighted by Gasteiger charge is -2.18. The van der Waals surface area contributed by atoms with Gasteiger partial charge in [0.2, 0.25) is 0 Å². The topological polar surface area (TPSA) is 132 Å². The van der Waals surface area contributed by atoms with Gasteiger partial charge in [-0.05, 0) is 48.0 Å².